The molecule has 2 nitrogen and oxygen atoms in total. The van der Waals surface area contributed by atoms with Gasteiger partial charge in [-0.15, -0.1) is 11.3 Å². The average Bonchev–Trinajstić information content (AvgIpc) is 3.20. The van der Waals surface area contributed by atoms with Crippen LogP contribution in [0, 0.1) is 25.9 Å². The van der Waals surface area contributed by atoms with Gasteiger partial charge >= 0.3 is 0 Å². The van der Waals surface area contributed by atoms with Gasteiger partial charge in [0.2, 0.25) is 0 Å². The van der Waals surface area contributed by atoms with Gasteiger partial charge in [0.25, 0.3) is 0 Å². The van der Waals surface area contributed by atoms with E-state index in [2.05, 4.69) is 54.6 Å². The second-order valence-corrected chi connectivity index (χ2v) is 8.57. The number of halogens is 1. The van der Waals surface area contributed by atoms with Crippen LogP contribution in [-0.2, 0) is 0 Å². The molecule has 3 aromatic carbocycles. The van der Waals surface area contributed by atoms with Gasteiger partial charge < -0.3 is 0 Å². The quantitative estimate of drug-likeness (QED) is 0.202. The second-order valence-electron chi connectivity index (χ2n) is 7.57. The summed E-state index contributed by atoms with van der Waals surface area (Å²) in [6.07, 6.45) is 0. The van der Waals surface area contributed by atoms with Crippen LogP contribution in [0.15, 0.2) is 48.5 Å². The lowest BCUT2D eigenvalue weighted by molar-refractivity contribution is 0.658. The molecule has 0 saturated heterocycles. The summed E-state index contributed by atoms with van der Waals surface area (Å²) in [5.74, 6) is 0. The third-order valence-electron chi connectivity index (χ3n) is 5.97. The van der Waals surface area contributed by atoms with E-state index < -0.39 is 0 Å². The fourth-order valence-electron chi connectivity index (χ4n) is 4.45. The lowest BCUT2D eigenvalue weighted by Gasteiger charge is -2.12. The zero-order valence-electron chi connectivity index (χ0n) is 15.8. The van der Waals surface area contributed by atoms with E-state index in [1.54, 1.807) is 6.07 Å². The van der Waals surface area contributed by atoms with Crippen molar-refractivity contribution in [3.63, 3.8) is 0 Å². The molecule has 3 heterocycles. The van der Waals surface area contributed by atoms with Crippen molar-refractivity contribution >= 4 is 59.5 Å². The van der Waals surface area contributed by atoms with Gasteiger partial charge in [0.1, 0.15) is 5.65 Å². The van der Waals surface area contributed by atoms with Crippen LogP contribution in [0.25, 0.3) is 48.2 Å². The largest absolute Gasteiger partial charge is 0.295 e. The Bertz CT molecular complexity index is 1600. The fraction of sp³-hybridized carbons (Fsp3) is 0.125. The van der Waals surface area contributed by atoms with Gasteiger partial charge in [0, 0.05) is 16.5 Å². The minimum atomic E-state index is -0.153. The molecule has 6 aromatic rings. The Morgan fingerprint density at radius 2 is 1.71 bits per heavy atom. The Morgan fingerprint density at radius 3 is 2.57 bits per heavy atom. The number of aryl methyl sites for hydroxylation is 3. The summed E-state index contributed by atoms with van der Waals surface area (Å²) >= 11 is 1.21. The van der Waals surface area contributed by atoms with Crippen molar-refractivity contribution in [3.8, 4) is 0 Å². The summed E-state index contributed by atoms with van der Waals surface area (Å²) in [4.78, 5) is 4.91. The van der Waals surface area contributed by atoms with Crippen LogP contribution in [0.5, 0.6) is 0 Å². The predicted octanol–water partition coefficient (Wildman–Crippen LogP) is 7.07. The van der Waals surface area contributed by atoms with Crippen LogP contribution in [0.4, 0.5) is 4.39 Å². The van der Waals surface area contributed by atoms with E-state index in [1.165, 1.54) is 33.1 Å². The number of imidazole rings is 1. The minimum absolute atomic E-state index is 0.153. The van der Waals surface area contributed by atoms with Crippen molar-refractivity contribution in [1.29, 1.82) is 0 Å². The van der Waals surface area contributed by atoms with Gasteiger partial charge in [0.05, 0.1) is 15.9 Å². The highest BCUT2D eigenvalue weighted by molar-refractivity contribution is 7.18. The number of benzene rings is 3. The molecular weight excluding hydrogens is 367 g/mol. The maximum absolute atomic E-state index is 14.1. The first-order chi connectivity index (χ1) is 13.5. The van der Waals surface area contributed by atoms with E-state index in [1.807, 2.05) is 13.0 Å². The lowest BCUT2D eigenvalue weighted by atomic mass is 9.98. The van der Waals surface area contributed by atoms with E-state index in [0.717, 1.165) is 43.4 Å². The molecule has 0 bridgehead atoms. The molecule has 0 N–H and O–H groups in total. The van der Waals surface area contributed by atoms with Crippen LogP contribution < -0.4 is 0 Å². The highest BCUT2D eigenvalue weighted by atomic mass is 32.1. The highest BCUT2D eigenvalue weighted by Gasteiger charge is 2.18. The molecule has 28 heavy (non-hydrogen) atoms. The Morgan fingerprint density at radius 1 is 0.857 bits per heavy atom. The second kappa shape index (κ2) is 5.30. The summed E-state index contributed by atoms with van der Waals surface area (Å²) in [5, 5.41) is 6.71. The number of nitrogens with zero attached hydrogens (tertiary/aromatic N) is 2. The summed E-state index contributed by atoms with van der Waals surface area (Å²) in [7, 11) is 0. The third-order valence-corrected chi connectivity index (χ3v) is 6.91. The molecule has 0 saturated carbocycles. The molecule has 136 valence electrons. The van der Waals surface area contributed by atoms with Gasteiger partial charge in [-0.05, 0) is 66.1 Å². The zero-order chi connectivity index (χ0) is 19.2. The number of hydrogen-bond acceptors (Lipinski definition) is 2. The molecule has 3 aromatic heterocycles. The van der Waals surface area contributed by atoms with Crippen molar-refractivity contribution in [3.05, 3.63) is 70.6 Å². The maximum Gasteiger partial charge on any atom is 0.177 e. The van der Waals surface area contributed by atoms with Crippen LogP contribution in [-0.4, -0.2) is 9.38 Å². The van der Waals surface area contributed by atoms with Gasteiger partial charge in [0.15, 0.2) is 5.13 Å². The van der Waals surface area contributed by atoms with E-state index in [0.29, 0.717) is 0 Å². The highest BCUT2D eigenvalue weighted by Crippen LogP contribution is 2.39. The molecule has 0 aliphatic carbocycles. The number of rotatable bonds is 0. The van der Waals surface area contributed by atoms with E-state index in [4.69, 9.17) is 4.98 Å². The molecule has 0 spiro atoms. The SMILES string of the molecule is Cc1nc2c3cc4cccc(C)c4cc3c3ccc4cc(F)sc4c3n2c1C. The smallest absolute Gasteiger partial charge is 0.177 e. The molecule has 0 unspecified atom stereocenters. The van der Waals surface area contributed by atoms with E-state index >= 15 is 0 Å². The number of fused-ring (bicyclic) bond motifs is 9. The first-order valence-electron chi connectivity index (χ1n) is 9.35. The van der Waals surface area contributed by atoms with E-state index in [9.17, 15) is 4.39 Å². The van der Waals surface area contributed by atoms with Gasteiger partial charge in [-0.2, -0.15) is 4.39 Å². The monoisotopic (exact) mass is 384 g/mol. The normalized spacial score (nSPS) is 12.3. The summed E-state index contributed by atoms with van der Waals surface area (Å²) in [6.45, 7) is 6.28. The van der Waals surface area contributed by atoms with Crippen molar-refractivity contribution < 1.29 is 4.39 Å². The zero-order valence-corrected chi connectivity index (χ0v) is 16.6. The van der Waals surface area contributed by atoms with Gasteiger partial charge in [-0.1, -0.05) is 30.3 Å². The number of pyridine rings is 1. The molecule has 6 rings (SSSR count). The molecule has 0 aliphatic heterocycles. The molecule has 0 fully saturated rings. The van der Waals surface area contributed by atoms with Crippen LogP contribution in [0.2, 0.25) is 0 Å². The van der Waals surface area contributed by atoms with Crippen LogP contribution >= 0.6 is 11.3 Å². The van der Waals surface area contributed by atoms with Gasteiger partial charge in [-0.25, -0.2) is 4.98 Å². The van der Waals surface area contributed by atoms with Crippen molar-refractivity contribution in [2.45, 2.75) is 20.8 Å². The average molecular weight is 384 g/mol. The molecule has 0 atom stereocenters. The van der Waals surface area contributed by atoms with Crippen LogP contribution in [0.1, 0.15) is 17.0 Å². The summed E-state index contributed by atoms with van der Waals surface area (Å²) < 4.78 is 17.3. The predicted molar refractivity (Wildman–Crippen MR) is 117 cm³/mol. The van der Waals surface area contributed by atoms with Gasteiger partial charge in [-0.3, -0.25) is 4.40 Å². The number of thiophene rings is 1. The molecule has 4 heteroatoms. The Balaban J connectivity index is 2.01. The molecule has 0 radical (unpaired) electrons. The molecule has 0 aliphatic rings. The fourth-order valence-corrected chi connectivity index (χ4v) is 5.37. The maximum atomic E-state index is 14.1. The Hall–Kier alpha value is -2.98. The summed E-state index contributed by atoms with van der Waals surface area (Å²) in [5.41, 5.74) is 5.37. The van der Waals surface area contributed by atoms with Crippen LogP contribution in [0.3, 0.4) is 0 Å². The first-order valence-corrected chi connectivity index (χ1v) is 10.2. The number of aromatic nitrogens is 2. The molecule has 0 amide bonds. The summed E-state index contributed by atoms with van der Waals surface area (Å²) in [6, 6.07) is 16.7. The lowest BCUT2D eigenvalue weighted by Crippen LogP contribution is -1.94. The number of hydrogen-bond donors (Lipinski definition) is 0. The minimum Gasteiger partial charge on any atom is -0.295 e. The first kappa shape index (κ1) is 16.0. The van der Waals surface area contributed by atoms with Crippen molar-refractivity contribution in [1.82, 2.24) is 9.38 Å². The standard InChI is InChI=1S/C24H17FN2S/c1-12-5-4-6-15-9-20-19(11-18(12)15)17-8-7-16-10-21(25)28-23(16)22(17)27-14(3)13(2)26-24(20)27/h4-11H,1-3H3. The van der Waals surface area contributed by atoms with Crippen molar-refractivity contribution in [2.75, 3.05) is 0 Å². The van der Waals surface area contributed by atoms with Crippen molar-refractivity contribution in [2.24, 2.45) is 0 Å². The molecular formula is C24H17FN2S. The Labute approximate surface area is 164 Å². The third kappa shape index (κ3) is 1.93. The van der Waals surface area contributed by atoms with E-state index in [-0.39, 0.29) is 5.13 Å². The topological polar surface area (TPSA) is 17.3 Å². The Kier molecular flexibility index (Phi) is 3.03.